The lowest BCUT2D eigenvalue weighted by molar-refractivity contribution is -0.118. The van der Waals surface area contributed by atoms with E-state index in [1.54, 1.807) is 17.9 Å². The number of nitrogens with zero attached hydrogens (tertiary/aromatic N) is 5. The second-order valence-corrected chi connectivity index (χ2v) is 7.18. The summed E-state index contributed by atoms with van der Waals surface area (Å²) in [6.45, 7) is 5.80. The minimum absolute atomic E-state index is 0.130. The minimum Gasteiger partial charge on any atom is -0.361 e. The summed E-state index contributed by atoms with van der Waals surface area (Å²) < 4.78 is 19.7. The first-order valence-corrected chi connectivity index (χ1v) is 9.83. The average molecular weight is 420 g/mol. The Morgan fingerprint density at radius 3 is 2.68 bits per heavy atom. The number of amides is 1. The Hall–Kier alpha value is -3.88. The fraction of sp³-hybridized carbons (Fsp3) is 0.227. The van der Waals surface area contributed by atoms with E-state index in [4.69, 9.17) is 4.52 Å². The highest BCUT2D eigenvalue weighted by Crippen LogP contribution is 2.29. The standard InChI is InChI=1S/C22H21FN6O2/c1-4-20(30)29(19-10-17(9-18(23)11-19)22-24-27-28-25-22)12-15-6-5-7-16(8-15)21-13(2)26-31-14(21)3/h5-11H,4,12H2,1-3H3,(H,24,25,27,28). The lowest BCUT2D eigenvalue weighted by Crippen LogP contribution is -2.29. The average Bonchev–Trinajstić information content (AvgIpc) is 3.41. The molecule has 0 unspecified atom stereocenters. The van der Waals surface area contributed by atoms with Gasteiger partial charge in [-0.15, -0.1) is 5.10 Å². The van der Waals surface area contributed by atoms with Crippen LogP contribution in [0.15, 0.2) is 47.0 Å². The molecule has 0 atom stereocenters. The Morgan fingerprint density at radius 2 is 2.00 bits per heavy atom. The molecule has 2 aromatic heterocycles. The molecule has 158 valence electrons. The van der Waals surface area contributed by atoms with Gasteiger partial charge >= 0.3 is 0 Å². The lowest BCUT2D eigenvalue weighted by atomic mass is 10.0. The Bertz CT molecular complexity index is 1200. The summed E-state index contributed by atoms with van der Waals surface area (Å²) in [6, 6.07) is 12.1. The molecule has 0 saturated heterocycles. The van der Waals surface area contributed by atoms with Crippen LogP contribution in [0.1, 0.15) is 30.4 Å². The fourth-order valence-electron chi connectivity index (χ4n) is 3.57. The number of tetrazole rings is 1. The number of anilines is 1. The zero-order chi connectivity index (χ0) is 22.0. The number of aromatic nitrogens is 5. The quantitative estimate of drug-likeness (QED) is 0.501. The molecule has 0 aliphatic rings. The highest BCUT2D eigenvalue weighted by Gasteiger charge is 2.19. The number of halogens is 1. The van der Waals surface area contributed by atoms with Crippen LogP contribution < -0.4 is 4.90 Å². The molecule has 1 amide bonds. The monoisotopic (exact) mass is 420 g/mol. The number of hydrogen-bond donors (Lipinski definition) is 1. The summed E-state index contributed by atoms with van der Waals surface area (Å²) in [5.41, 5.74) is 4.46. The summed E-state index contributed by atoms with van der Waals surface area (Å²) in [6.07, 6.45) is 0.277. The molecule has 8 nitrogen and oxygen atoms in total. The van der Waals surface area contributed by atoms with Crippen molar-refractivity contribution in [2.75, 3.05) is 4.90 Å². The molecule has 0 fully saturated rings. The van der Waals surface area contributed by atoms with Gasteiger partial charge in [0.25, 0.3) is 0 Å². The summed E-state index contributed by atoms with van der Waals surface area (Å²) in [5, 5.41) is 17.5. The van der Waals surface area contributed by atoms with Gasteiger partial charge in [0.15, 0.2) is 5.82 Å². The minimum atomic E-state index is -0.484. The van der Waals surface area contributed by atoms with Gasteiger partial charge in [-0.1, -0.05) is 30.3 Å². The van der Waals surface area contributed by atoms with Gasteiger partial charge in [0, 0.05) is 23.2 Å². The Kier molecular flexibility index (Phi) is 5.57. The van der Waals surface area contributed by atoms with Crippen molar-refractivity contribution < 1.29 is 13.7 Å². The highest BCUT2D eigenvalue weighted by molar-refractivity contribution is 5.93. The number of carbonyl (C=O) groups is 1. The number of H-pyrrole nitrogens is 1. The largest absolute Gasteiger partial charge is 0.361 e. The van der Waals surface area contributed by atoms with Crippen molar-refractivity contribution in [1.82, 2.24) is 25.8 Å². The van der Waals surface area contributed by atoms with Gasteiger partial charge in [-0.05, 0) is 59.7 Å². The van der Waals surface area contributed by atoms with Crippen molar-refractivity contribution in [2.45, 2.75) is 33.7 Å². The van der Waals surface area contributed by atoms with Crippen molar-refractivity contribution in [3.8, 4) is 22.5 Å². The van der Waals surface area contributed by atoms with Crippen LogP contribution >= 0.6 is 0 Å². The van der Waals surface area contributed by atoms with Crippen LogP contribution in [0, 0.1) is 19.7 Å². The molecule has 9 heteroatoms. The van der Waals surface area contributed by atoms with Gasteiger partial charge in [-0.3, -0.25) is 4.79 Å². The first kappa shape index (κ1) is 20.4. The topological polar surface area (TPSA) is 101 Å². The zero-order valence-corrected chi connectivity index (χ0v) is 17.4. The third-order valence-corrected chi connectivity index (χ3v) is 5.01. The van der Waals surface area contributed by atoms with Crippen LogP contribution in [0.25, 0.3) is 22.5 Å². The van der Waals surface area contributed by atoms with Gasteiger partial charge in [0.05, 0.1) is 12.2 Å². The number of benzene rings is 2. The predicted octanol–water partition coefficient (Wildman–Crippen LogP) is 4.22. The van der Waals surface area contributed by atoms with Crippen molar-refractivity contribution >= 4 is 11.6 Å². The van der Waals surface area contributed by atoms with Crippen molar-refractivity contribution in [2.24, 2.45) is 0 Å². The highest BCUT2D eigenvalue weighted by atomic mass is 19.1. The van der Waals surface area contributed by atoms with Crippen LogP contribution in [-0.4, -0.2) is 31.7 Å². The van der Waals surface area contributed by atoms with E-state index in [1.807, 2.05) is 38.1 Å². The molecule has 2 heterocycles. The van der Waals surface area contributed by atoms with Crippen molar-refractivity contribution in [1.29, 1.82) is 0 Å². The third kappa shape index (κ3) is 4.20. The third-order valence-electron chi connectivity index (χ3n) is 5.01. The number of nitrogens with one attached hydrogen (secondary N) is 1. The molecular formula is C22H21FN6O2. The van der Waals surface area contributed by atoms with E-state index in [0.717, 1.165) is 28.1 Å². The van der Waals surface area contributed by atoms with E-state index >= 15 is 0 Å². The smallest absolute Gasteiger partial charge is 0.227 e. The molecule has 0 bridgehead atoms. The van der Waals surface area contributed by atoms with Crippen LogP contribution in [0.5, 0.6) is 0 Å². The summed E-state index contributed by atoms with van der Waals surface area (Å²) in [4.78, 5) is 14.3. The van der Waals surface area contributed by atoms with E-state index in [0.29, 0.717) is 17.1 Å². The number of aryl methyl sites for hydroxylation is 2. The van der Waals surface area contributed by atoms with Gasteiger partial charge in [0.1, 0.15) is 11.6 Å². The molecule has 0 saturated carbocycles. The van der Waals surface area contributed by atoms with E-state index in [1.165, 1.54) is 12.1 Å². The second-order valence-electron chi connectivity index (χ2n) is 7.18. The summed E-state index contributed by atoms with van der Waals surface area (Å²) in [7, 11) is 0. The van der Waals surface area contributed by atoms with Crippen molar-refractivity contribution in [3.05, 3.63) is 65.3 Å². The van der Waals surface area contributed by atoms with Crippen LogP contribution in [0.3, 0.4) is 0 Å². The van der Waals surface area contributed by atoms with Crippen LogP contribution in [0.4, 0.5) is 10.1 Å². The van der Waals surface area contributed by atoms with Crippen LogP contribution in [0.2, 0.25) is 0 Å². The SMILES string of the molecule is CCC(=O)N(Cc1cccc(-c2c(C)noc2C)c1)c1cc(F)cc(-c2nnn[nH]2)c1. The molecule has 1 N–H and O–H groups in total. The fourth-order valence-corrected chi connectivity index (χ4v) is 3.57. The van der Waals surface area contributed by atoms with Crippen molar-refractivity contribution in [3.63, 3.8) is 0 Å². The number of hydrogen-bond acceptors (Lipinski definition) is 6. The maximum atomic E-state index is 14.4. The number of rotatable bonds is 6. The Balaban J connectivity index is 1.71. The molecule has 0 aliphatic carbocycles. The van der Waals surface area contributed by atoms with Gasteiger partial charge in [-0.25, -0.2) is 9.49 Å². The zero-order valence-electron chi connectivity index (χ0n) is 17.4. The van der Waals surface area contributed by atoms with Gasteiger partial charge < -0.3 is 9.42 Å². The Labute approximate surface area is 178 Å². The first-order valence-electron chi connectivity index (χ1n) is 9.83. The molecular weight excluding hydrogens is 399 g/mol. The normalized spacial score (nSPS) is 11.0. The lowest BCUT2D eigenvalue weighted by Gasteiger charge is -2.23. The molecule has 2 aromatic carbocycles. The molecule has 0 aliphatic heterocycles. The molecule has 4 aromatic rings. The van der Waals surface area contributed by atoms with E-state index in [-0.39, 0.29) is 18.9 Å². The van der Waals surface area contributed by atoms with Gasteiger partial charge in [0.2, 0.25) is 5.91 Å². The Morgan fingerprint density at radius 1 is 1.16 bits per heavy atom. The second kappa shape index (κ2) is 8.47. The molecule has 4 rings (SSSR count). The number of carbonyl (C=O) groups excluding carboxylic acids is 1. The van der Waals surface area contributed by atoms with E-state index in [9.17, 15) is 9.18 Å². The summed E-state index contributed by atoms with van der Waals surface area (Å²) >= 11 is 0. The predicted molar refractivity (Wildman–Crippen MR) is 112 cm³/mol. The maximum absolute atomic E-state index is 14.4. The molecule has 31 heavy (non-hydrogen) atoms. The molecule has 0 spiro atoms. The summed E-state index contributed by atoms with van der Waals surface area (Å²) in [5.74, 6) is 0.439. The molecule has 0 radical (unpaired) electrons. The van der Waals surface area contributed by atoms with Gasteiger partial charge in [-0.2, -0.15) is 0 Å². The maximum Gasteiger partial charge on any atom is 0.227 e. The van der Waals surface area contributed by atoms with E-state index in [2.05, 4.69) is 25.8 Å². The first-order chi connectivity index (χ1) is 15.0. The van der Waals surface area contributed by atoms with E-state index < -0.39 is 5.82 Å². The number of aromatic amines is 1. The van der Waals surface area contributed by atoms with Crippen LogP contribution in [-0.2, 0) is 11.3 Å².